The Bertz CT molecular complexity index is 250. The van der Waals surface area contributed by atoms with Gasteiger partial charge >= 0.3 is 0 Å². The molecule has 4 heteroatoms. The van der Waals surface area contributed by atoms with E-state index in [4.69, 9.17) is 0 Å². The van der Waals surface area contributed by atoms with E-state index in [0.717, 1.165) is 50.7 Å². The first-order valence-corrected chi connectivity index (χ1v) is 5.14. The van der Waals surface area contributed by atoms with Crippen molar-refractivity contribution in [1.82, 2.24) is 10.6 Å². The lowest BCUT2D eigenvalue weighted by Crippen LogP contribution is -2.18. The number of nitrogens with zero attached hydrogens (tertiary/aromatic N) is 2. The molecule has 0 aromatic heterocycles. The minimum absolute atomic E-state index is 0.924. The van der Waals surface area contributed by atoms with Gasteiger partial charge in [-0.15, -0.1) is 0 Å². The summed E-state index contributed by atoms with van der Waals surface area (Å²) in [5, 5.41) is 6.48. The summed E-state index contributed by atoms with van der Waals surface area (Å²) in [6, 6.07) is 0. The predicted molar refractivity (Wildman–Crippen MR) is 59.0 cm³/mol. The highest BCUT2D eigenvalue weighted by Crippen LogP contribution is 1.96. The van der Waals surface area contributed by atoms with E-state index in [1.54, 1.807) is 0 Å². The van der Waals surface area contributed by atoms with E-state index in [-0.39, 0.29) is 0 Å². The minimum atomic E-state index is 0.924. The van der Waals surface area contributed by atoms with E-state index in [9.17, 15) is 0 Å². The van der Waals surface area contributed by atoms with E-state index >= 15 is 0 Å². The van der Waals surface area contributed by atoms with E-state index in [1.165, 1.54) is 0 Å². The summed E-state index contributed by atoms with van der Waals surface area (Å²) in [6.45, 7) is 3.85. The maximum atomic E-state index is 4.31. The summed E-state index contributed by atoms with van der Waals surface area (Å²) < 4.78 is 0. The Hall–Kier alpha value is -1.32. The van der Waals surface area contributed by atoms with Gasteiger partial charge < -0.3 is 10.6 Å². The van der Waals surface area contributed by atoms with Crippen LogP contribution in [0.15, 0.2) is 22.1 Å². The highest BCUT2D eigenvalue weighted by Gasteiger charge is 2.03. The van der Waals surface area contributed by atoms with Gasteiger partial charge in [0.05, 0.1) is 13.1 Å². The van der Waals surface area contributed by atoms with Gasteiger partial charge in [-0.1, -0.05) is 12.2 Å². The standard InChI is InChI=1S/C10H16N4/c1(3-9-11-5-6-12-9)2-4-10-13-7-8-14-10/h1-2H,3-8H2,(H,11,12)(H,13,14). The molecule has 0 saturated carbocycles. The monoisotopic (exact) mass is 192 g/mol. The number of rotatable bonds is 4. The molecule has 0 aromatic rings. The van der Waals surface area contributed by atoms with Crippen LogP contribution in [0, 0.1) is 0 Å². The van der Waals surface area contributed by atoms with E-state index < -0.39 is 0 Å². The molecule has 4 nitrogen and oxygen atoms in total. The second kappa shape index (κ2) is 4.79. The first kappa shape index (κ1) is 9.24. The van der Waals surface area contributed by atoms with Crippen molar-refractivity contribution < 1.29 is 0 Å². The Morgan fingerprint density at radius 3 is 1.79 bits per heavy atom. The summed E-state index contributed by atoms with van der Waals surface area (Å²) in [5.74, 6) is 2.23. The van der Waals surface area contributed by atoms with Crippen LogP contribution in [0.3, 0.4) is 0 Å². The van der Waals surface area contributed by atoms with Gasteiger partial charge in [0.2, 0.25) is 0 Å². The van der Waals surface area contributed by atoms with Crippen molar-refractivity contribution in [2.75, 3.05) is 26.2 Å². The lowest BCUT2D eigenvalue weighted by molar-refractivity contribution is 0.953. The normalized spacial score (nSPS) is 20.6. The Kier molecular flexibility index (Phi) is 3.16. The molecule has 2 N–H and O–H groups in total. The number of aliphatic imine (C=N–C) groups is 2. The number of nitrogens with one attached hydrogen (secondary N) is 2. The van der Waals surface area contributed by atoms with Gasteiger partial charge in [0.15, 0.2) is 0 Å². The minimum Gasteiger partial charge on any atom is -0.372 e. The van der Waals surface area contributed by atoms with Crippen LogP contribution >= 0.6 is 0 Å². The van der Waals surface area contributed by atoms with E-state index in [0.29, 0.717) is 0 Å². The van der Waals surface area contributed by atoms with Crippen LogP contribution in [0.1, 0.15) is 12.8 Å². The first-order chi connectivity index (χ1) is 6.95. The molecule has 0 aliphatic carbocycles. The summed E-state index contributed by atoms with van der Waals surface area (Å²) in [5.41, 5.74) is 0. The molecule has 14 heavy (non-hydrogen) atoms. The first-order valence-electron chi connectivity index (χ1n) is 5.14. The molecule has 0 amide bonds. The van der Waals surface area contributed by atoms with Crippen molar-refractivity contribution >= 4 is 11.7 Å². The molecular weight excluding hydrogens is 176 g/mol. The maximum Gasteiger partial charge on any atom is 0.100 e. The van der Waals surface area contributed by atoms with Gasteiger partial charge in [0.1, 0.15) is 11.7 Å². The molecular formula is C10H16N4. The van der Waals surface area contributed by atoms with Crippen LogP contribution in [0.25, 0.3) is 0 Å². The van der Waals surface area contributed by atoms with Crippen molar-refractivity contribution in [2.24, 2.45) is 9.98 Å². The zero-order valence-corrected chi connectivity index (χ0v) is 8.29. The van der Waals surface area contributed by atoms with Crippen molar-refractivity contribution in [3.63, 3.8) is 0 Å². The summed E-state index contributed by atoms with van der Waals surface area (Å²) in [4.78, 5) is 8.63. The lowest BCUT2D eigenvalue weighted by Gasteiger charge is -1.97. The summed E-state index contributed by atoms with van der Waals surface area (Å²) in [6.07, 6.45) is 6.15. The van der Waals surface area contributed by atoms with Crippen molar-refractivity contribution in [3.8, 4) is 0 Å². The largest absolute Gasteiger partial charge is 0.372 e. The zero-order chi connectivity index (χ0) is 9.64. The van der Waals surface area contributed by atoms with Crippen molar-refractivity contribution in [3.05, 3.63) is 12.2 Å². The number of hydrogen-bond acceptors (Lipinski definition) is 4. The Labute approximate surface area is 84.2 Å². The SMILES string of the molecule is C(=CCC1=NCCN1)CC1=NCCN1. The molecule has 0 fully saturated rings. The van der Waals surface area contributed by atoms with Gasteiger partial charge in [-0.3, -0.25) is 9.98 Å². The third-order valence-electron chi connectivity index (χ3n) is 2.28. The Balaban J connectivity index is 1.67. The second-order valence-electron chi connectivity index (χ2n) is 3.39. The molecule has 2 rings (SSSR count). The van der Waals surface area contributed by atoms with Crippen molar-refractivity contribution in [2.45, 2.75) is 12.8 Å². The molecule has 0 unspecified atom stereocenters. The van der Waals surface area contributed by atoms with E-state index in [1.807, 2.05) is 0 Å². The zero-order valence-electron chi connectivity index (χ0n) is 8.29. The fourth-order valence-corrected chi connectivity index (χ4v) is 1.56. The van der Waals surface area contributed by atoms with E-state index in [2.05, 4.69) is 32.8 Å². The molecule has 0 atom stereocenters. The van der Waals surface area contributed by atoms with Crippen LogP contribution in [0.2, 0.25) is 0 Å². The average molecular weight is 192 g/mol. The maximum absolute atomic E-state index is 4.31. The molecule has 0 bridgehead atoms. The molecule has 0 radical (unpaired) electrons. The molecule has 2 aliphatic rings. The highest BCUT2D eigenvalue weighted by molar-refractivity contribution is 5.86. The third-order valence-corrected chi connectivity index (χ3v) is 2.28. The fraction of sp³-hybridized carbons (Fsp3) is 0.600. The van der Waals surface area contributed by atoms with Crippen LogP contribution in [0.4, 0.5) is 0 Å². The molecule has 0 aromatic carbocycles. The van der Waals surface area contributed by atoms with Crippen LogP contribution in [-0.4, -0.2) is 37.9 Å². The topological polar surface area (TPSA) is 48.8 Å². The molecule has 0 spiro atoms. The third kappa shape index (κ3) is 2.58. The summed E-state index contributed by atoms with van der Waals surface area (Å²) in [7, 11) is 0. The highest BCUT2D eigenvalue weighted by atomic mass is 15.1. The van der Waals surface area contributed by atoms with Crippen LogP contribution < -0.4 is 10.6 Å². The second-order valence-corrected chi connectivity index (χ2v) is 3.39. The summed E-state index contributed by atoms with van der Waals surface area (Å²) >= 11 is 0. The lowest BCUT2D eigenvalue weighted by atomic mass is 10.3. The predicted octanol–water partition coefficient (Wildman–Crippen LogP) is 0.326. The fourth-order valence-electron chi connectivity index (χ4n) is 1.56. The quantitative estimate of drug-likeness (QED) is 0.630. The van der Waals surface area contributed by atoms with Gasteiger partial charge in [0, 0.05) is 25.9 Å². The number of amidine groups is 2. The number of hydrogen-bond donors (Lipinski definition) is 2. The van der Waals surface area contributed by atoms with Gasteiger partial charge in [-0.05, 0) is 0 Å². The molecule has 2 heterocycles. The Morgan fingerprint density at radius 2 is 1.43 bits per heavy atom. The van der Waals surface area contributed by atoms with Gasteiger partial charge in [-0.2, -0.15) is 0 Å². The molecule has 0 saturated heterocycles. The van der Waals surface area contributed by atoms with Crippen LogP contribution in [0.5, 0.6) is 0 Å². The molecule has 2 aliphatic heterocycles. The van der Waals surface area contributed by atoms with Crippen molar-refractivity contribution in [1.29, 1.82) is 0 Å². The van der Waals surface area contributed by atoms with Gasteiger partial charge in [-0.25, -0.2) is 0 Å². The Morgan fingerprint density at radius 1 is 0.929 bits per heavy atom. The van der Waals surface area contributed by atoms with Gasteiger partial charge in [0.25, 0.3) is 0 Å². The average Bonchev–Trinajstić information content (AvgIpc) is 2.86. The van der Waals surface area contributed by atoms with Crippen LogP contribution in [-0.2, 0) is 0 Å². The smallest absolute Gasteiger partial charge is 0.100 e. The molecule has 76 valence electrons.